The van der Waals surface area contributed by atoms with Crippen LogP contribution in [-0.4, -0.2) is 22.2 Å². The number of hydrogen-bond donors (Lipinski definition) is 2. The minimum Gasteiger partial charge on any atom is -0.478 e. The van der Waals surface area contributed by atoms with Gasteiger partial charge in [0.1, 0.15) is 0 Å². The summed E-state index contributed by atoms with van der Waals surface area (Å²) in [6, 6.07) is 16.4. The van der Waals surface area contributed by atoms with Crippen molar-refractivity contribution in [2.24, 2.45) is 0 Å². The van der Waals surface area contributed by atoms with Gasteiger partial charge in [-0.05, 0) is 47.0 Å². The summed E-state index contributed by atoms with van der Waals surface area (Å²) in [7, 11) is 0. The zero-order valence-corrected chi connectivity index (χ0v) is 14.8. The third-order valence-electron chi connectivity index (χ3n) is 3.94. The van der Waals surface area contributed by atoms with Gasteiger partial charge in [0.15, 0.2) is 0 Å². The molecule has 3 aromatic carbocycles. The van der Waals surface area contributed by atoms with Gasteiger partial charge < -0.3 is 10.2 Å². The summed E-state index contributed by atoms with van der Waals surface area (Å²) in [5.41, 5.74) is 1.63. The summed E-state index contributed by atoms with van der Waals surface area (Å²) in [5.74, 6) is -2.62. The molecule has 0 aliphatic carbocycles. The Balaban J connectivity index is 2.39. The largest absolute Gasteiger partial charge is 0.478 e. The normalized spacial score (nSPS) is 10.5. The molecular weight excluding hydrogens is 375 g/mol. The highest BCUT2D eigenvalue weighted by molar-refractivity contribution is 6.31. The number of halogens is 2. The van der Waals surface area contributed by atoms with Crippen molar-refractivity contribution in [3.8, 4) is 22.3 Å². The highest BCUT2D eigenvalue weighted by atomic mass is 35.5. The van der Waals surface area contributed by atoms with E-state index >= 15 is 0 Å². The second-order valence-corrected chi connectivity index (χ2v) is 6.41. The van der Waals surface area contributed by atoms with Crippen LogP contribution in [0.4, 0.5) is 0 Å². The topological polar surface area (TPSA) is 74.6 Å². The summed E-state index contributed by atoms with van der Waals surface area (Å²) < 4.78 is 0. The first kappa shape index (κ1) is 18.0. The molecule has 3 aromatic rings. The number of benzene rings is 3. The molecule has 4 nitrogen and oxygen atoms in total. The highest BCUT2D eigenvalue weighted by Gasteiger charge is 2.24. The molecule has 0 radical (unpaired) electrons. The Hall–Kier alpha value is -2.82. The van der Waals surface area contributed by atoms with Crippen LogP contribution < -0.4 is 0 Å². The van der Waals surface area contributed by atoms with Gasteiger partial charge in [0.05, 0.1) is 11.1 Å². The van der Waals surface area contributed by atoms with Gasteiger partial charge in [-0.15, -0.1) is 0 Å². The van der Waals surface area contributed by atoms with Crippen LogP contribution in [0, 0.1) is 0 Å². The Morgan fingerprint density at radius 3 is 1.62 bits per heavy atom. The molecular formula is C20H12Cl2O4. The first-order chi connectivity index (χ1) is 12.4. The fourth-order valence-electron chi connectivity index (χ4n) is 2.79. The second kappa shape index (κ2) is 7.20. The zero-order chi connectivity index (χ0) is 18.8. The number of carboxylic acids is 2. The molecule has 6 heteroatoms. The van der Waals surface area contributed by atoms with Crippen LogP contribution in [0.5, 0.6) is 0 Å². The van der Waals surface area contributed by atoms with Crippen molar-refractivity contribution in [2.75, 3.05) is 0 Å². The third-order valence-corrected chi connectivity index (χ3v) is 4.44. The fraction of sp³-hybridized carbons (Fsp3) is 0. The molecule has 3 rings (SSSR count). The van der Waals surface area contributed by atoms with Gasteiger partial charge in [-0.2, -0.15) is 0 Å². The molecule has 2 N–H and O–H groups in total. The van der Waals surface area contributed by atoms with Crippen molar-refractivity contribution in [3.05, 3.63) is 81.8 Å². The number of rotatable bonds is 4. The first-order valence-electron chi connectivity index (χ1n) is 7.54. The van der Waals surface area contributed by atoms with E-state index in [1.165, 1.54) is 6.07 Å². The van der Waals surface area contributed by atoms with Crippen molar-refractivity contribution in [2.45, 2.75) is 0 Å². The van der Waals surface area contributed by atoms with Crippen molar-refractivity contribution >= 4 is 35.1 Å². The summed E-state index contributed by atoms with van der Waals surface area (Å²) in [4.78, 5) is 23.5. The number of carbonyl (C=O) groups is 2. The molecule has 0 aromatic heterocycles. The van der Waals surface area contributed by atoms with E-state index in [4.69, 9.17) is 23.2 Å². The van der Waals surface area contributed by atoms with Crippen LogP contribution in [-0.2, 0) is 0 Å². The van der Waals surface area contributed by atoms with Gasteiger partial charge in [0.2, 0.25) is 0 Å². The Morgan fingerprint density at radius 1 is 0.654 bits per heavy atom. The number of aromatic carboxylic acids is 2. The van der Waals surface area contributed by atoms with E-state index in [9.17, 15) is 19.8 Å². The minimum absolute atomic E-state index is 0.271. The average Bonchev–Trinajstić information content (AvgIpc) is 2.61. The molecule has 0 heterocycles. The van der Waals surface area contributed by atoms with E-state index in [1.54, 1.807) is 54.6 Å². The molecule has 0 aliphatic rings. The van der Waals surface area contributed by atoms with Crippen LogP contribution in [0.15, 0.2) is 60.7 Å². The summed E-state index contributed by atoms with van der Waals surface area (Å²) in [6.45, 7) is 0. The van der Waals surface area contributed by atoms with E-state index in [-0.39, 0.29) is 11.1 Å². The lowest BCUT2D eigenvalue weighted by molar-refractivity contribution is 0.0652. The Labute approximate surface area is 159 Å². The fourth-order valence-corrected chi connectivity index (χ4v) is 3.04. The van der Waals surface area contributed by atoms with E-state index in [2.05, 4.69) is 0 Å². The SMILES string of the molecule is O=C(O)c1ccc(-c2ccc(Cl)cc2)c(-c2ccc(Cl)cc2)c1C(=O)O. The molecule has 26 heavy (non-hydrogen) atoms. The van der Waals surface area contributed by atoms with Gasteiger partial charge >= 0.3 is 11.9 Å². The monoisotopic (exact) mass is 386 g/mol. The first-order valence-corrected chi connectivity index (χ1v) is 8.29. The molecule has 0 fully saturated rings. The molecule has 0 atom stereocenters. The number of hydrogen-bond acceptors (Lipinski definition) is 2. The zero-order valence-electron chi connectivity index (χ0n) is 13.2. The predicted octanol–water partition coefficient (Wildman–Crippen LogP) is 5.72. The molecule has 0 unspecified atom stereocenters. The lowest BCUT2D eigenvalue weighted by atomic mass is 9.87. The van der Waals surface area contributed by atoms with E-state index in [0.717, 1.165) is 5.56 Å². The third kappa shape index (κ3) is 3.43. The molecule has 130 valence electrons. The maximum Gasteiger partial charge on any atom is 0.337 e. The van der Waals surface area contributed by atoms with Crippen LogP contribution in [0.3, 0.4) is 0 Å². The van der Waals surface area contributed by atoms with Crippen LogP contribution >= 0.6 is 23.2 Å². The molecule has 0 bridgehead atoms. The van der Waals surface area contributed by atoms with Crippen LogP contribution in [0.1, 0.15) is 20.7 Å². The van der Waals surface area contributed by atoms with Gasteiger partial charge in [-0.3, -0.25) is 0 Å². The Kier molecular flexibility index (Phi) is 4.98. The Bertz CT molecular complexity index is 994. The quantitative estimate of drug-likeness (QED) is 0.600. The lowest BCUT2D eigenvalue weighted by Gasteiger charge is -2.16. The molecule has 0 saturated carbocycles. The lowest BCUT2D eigenvalue weighted by Crippen LogP contribution is -2.11. The van der Waals surface area contributed by atoms with Gasteiger partial charge in [0, 0.05) is 15.6 Å². The molecule has 0 aliphatic heterocycles. The molecule has 0 amide bonds. The summed E-state index contributed by atoms with van der Waals surface area (Å²) in [5, 5.41) is 20.2. The van der Waals surface area contributed by atoms with Crippen LogP contribution in [0.2, 0.25) is 10.0 Å². The van der Waals surface area contributed by atoms with E-state index < -0.39 is 11.9 Å². The summed E-state index contributed by atoms with van der Waals surface area (Å²) >= 11 is 11.9. The molecule has 0 spiro atoms. The van der Waals surface area contributed by atoms with Crippen LogP contribution in [0.25, 0.3) is 22.3 Å². The standard InChI is InChI=1S/C20H12Cl2O4/c21-13-5-1-11(2-6-13)15-9-10-16(19(23)24)18(20(25)26)17(15)12-3-7-14(22)8-4-12/h1-10H,(H,23,24)(H,25,26). The maximum absolute atomic E-state index is 11.9. The summed E-state index contributed by atoms with van der Waals surface area (Å²) in [6.07, 6.45) is 0. The predicted molar refractivity (Wildman–Crippen MR) is 101 cm³/mol. The van der Waals surface area contributed by atoms with Crippen molar-refractivity contribution < 1.29 is 19.8 Å². The van der Waals surface area contributed by atoms with Gasteiger partial charge in [0.25, 0.3) is 0 Å². The number of carboxylic acid groups (broad SMARTS) is 2. The van der Waals surface area contributed by atoms with Crippen molar-refractivity contribution in [3.63, 3.8) is 0 Å². The van der Waals surface area contributed by atoms with Gasteiger partial charge in [-0.1, -0.05) is 53.5 Å². The van der Waals surface area contributed by atoms with Crippen molar-refractivity contribution in [1.82, 2.24) is 0 Å². The minimum atomic E-state index is -1.32. The second-order valence-electron chi connectivity index (χ2n) is 5.53. The smallest absolute Gasteiger partial charge is 0.337 e. The molecule has 0 saturated heterocycles. The Morgan fingerprint density at radius 2 is 1.15 bits per heavy atom. The maximum atomic E-state index is 11.9. The van der Waals surface area contributed by atoms with Gasteiger partial charge in [-0.25, -0.2) is 9.59 Å². The van der Waals surface area contributed by atoms with E-state index in [0.29, 0.717) is 26.7 Å². The van der Waals surface area contributed by atoms with Crippen molar-refractivity contribution in [1.29, 1.82) is 0 Å². The highest BCUT2D eigenvalue weighted by Crippen LogP contribution is 2.37. The average molecular weight is 387 g/mol. The van der Waals surface area contributed by atoms with E-state index in [1.807, 2.05) is 0 Å².